The number of aliphatic hydroxyl groups excluding tert-OH is 2. The number of Topliss-reactive ketones (excluding diaryl/α,β-unsaturated/α-hetero) is 1. The van der Waals surface area contributed by atoms with Crippen LogP contribution in [-0.4, -0.2) is 30.2 Å². The van der Waals surface area contributed by atoms with Crippen molar-refractivity contribution in [2.75, 3.05) is 0 Å². The highest BCUT2D eigenvalue weighted by Crippen LogP contribution is 2.40. The predicted octanol–water partition coefficient (Wildman–Crippen LogP) is 4.76. The molecule has 0 aliphatic heterocycles. The smallest absolute Gasteiger partial charge is 0.203 e. The van der Waals surface area contributed by atoms with Gasteiger partial charge in [-0.1, -0.05) is 68.2 Å². The van der Waals surface area contributed by atoms with E-state index >= 15 is 0 Å². The first-order valence-electron chi connectivity index (χ1n) is 12.7. The molecule has 1 heterocycles. The van der Waals surface area contributed by atoms with E-state index in [9.17, 15) is 20.1 Å². The fourth-order valence-electron chi connectivity index (χ4n) is 4.66. The van der Waals surface area contributed by atoms with Gasteiger partial charge in [-0.3, -0.25) is 10.2 Å². The topological polar surface area (TPSA) is 111 Å². The van der Waals surface area contributed by atoms with Crippen molar-refractivity contribution < 1.29 is 20.1 Å². The summed E-state index contributed by atoms with van der Waals surface area (Å²) in [5.41, 5.74) is 2.09. The number of nitrogens with zero attached hydrogens (tertiary/aromatic N) is 2. The molecule has 0 atom stereocenters. The van der Waals surface area contributed by atoms with Crippen LogP contribution in [0.2, 0.25) is 0 Å². The molecule has 7 nitrogen and oxygen atoms in total. The van der Waals surface area contributed by atoms with Crippen LogP contribution in [0.4, 0.5) is 0 Å². The van der Waals surface area contributed by atoms with E-state index < -0.39 is 0 Å². The third-order valence-electron chi connectivity index (χ3n) is 7.06. The standard InChI is InChI=1S/C28H45N3O4/c1-9-18(10-2)11-12-30-22(16-32)23(17-33)31(26(30)29)15-24(34)19-13-20(27(3,4)5)25(35)21(14-19)28(6,7)8/h13-14,18,29,32-33,35H,9-12,15-17H2,1-8H3. The van der Waals surface area contributed by atoms with Crippen molar-refractivity contribution in [3.05, 3.63) is 45.8 Å². The number of aliphatic hydroxyl groups is 2. The lowest BCUT2D eigenvalue weighted by Crippen LogP contribution is -2.29. The van der Waals surface area contributed by atoms with Crippen LogP contribution in [0.3, 0.4) is 0 Å². The number of carbonyl (C=O) groups is 1. The zero-order chi connectivity index (χ0) is 26.7. The number of aromatic nitrogens is 2. The Bertz CT molecular complexity index is 1060. The molecule has 0 bridgehead atoms. The number of phenolic OH excluding ortho intramolecular Hbond substituents is 1. The van der Waals surface area contributed by atoms with Gasteiger partial charge in [0.1, 0.15) is 5.75 Å². The predicted molar refractivity (Wildman–Crippen MR) is 139 cm³/mol. The summed E-state index contributed by atoms with van der Waals surface area (Å²) in [6.07, 6.45) is 2.94. The molecule has 0 aliphatic rings. The molecule has 0 spiro atoms. The molecule has 0 saturated carbocycles. The molecule has 2 aromatic rings. The van der Waals surface area contributed by atoms with E-state index in [1.165, 1.54) is 4.57 Å². The monoisotopic (exact) mass is 487 g/mol. The van der Waals surface area contributed by atoms with Crippen LogP contribution in [0.1, 0.15) is 108 Å². The molecule has 0 amide bonds. The molecule has 4 N–H and O–H groups in total. The second kappa shape index (κ2) is 11.1. The van der Waals surface area contributed by atoms with Gasteiger partial charge in [-0.05, 0) is 35.3 Å². The first-order valence-corrected chi connectivity index (χ1v) is 12.7. The number of imidazole rings is 1. The van der Waals surface area contributed by atoms with Crippen LogP contribution < -0.4 is 5.62 Å². The largest absolute Gasteiger partial charge is 0.507 e. The highest BCUT2D eigenvalue weighted by Gasteiger charge is 2.28. The van der Waals surface area contributed by atoms with Crippen LogP contribution >= 0.6 is 0 Å². The maximum atomic E-state index is 13.5. The van der Waals surface area contributed by atoms with E-state index in [1.54, 1.807) is 16.7 Å². The van der Waals surface area contributed by atoms with Crippen LogP contribution in [0, 0.1) is 11.3 Å². The number of phenols is 1. The van der Waals surface area contributed by atoms with Crippen LogP contribution in [0.25, 0.3) is 0 Å². The van der Waals surface area contributed by atoms with Gasteiger partial charge in [0.2, 0.25) is 5.62 Å². The zero-order valence-electron chi connectivity index (χ0n) is 22.8. The molecule has 0 radical (unpaired) electrons. The van der Waals surface area contributed by atoms with Crippen molar-refractivity contribution in [3.63, 3.8) is 0 Å². The Morgan fingerprint density at radius 2 is 1.37 bits per heavy atom. The first-order chi connectivity index (χ1) is 16.2. The molecule has 0 aliphatic carbocycles. The lowest BCUT2D eigenvalue weighted by atomic mass is 9.78. The van der Waals surface area contributed by atoms with Gasteiger partial charge in [-0.15, -0.1) is 0 Å². The minimum absolute atomic E-state index is 0.100. The van der Waals surface area contributed by atoms with Crippen molar-refractivity contribution in [2.45, 2.75) is 112 Å². The first kappa shape index (κ1) is 28.9. The molecule has 1 aromatic carbocycles. The van der Waals surface area contributed by atoms with Crippen molar-refractivity contribution in [3.8, 4) is 5.75 Å². The average Bonchev–Trinajstić information content (AvgIpc) is 3.02. The average molecular weight is 488 g/mol. The van der Waals surface area contributed by atoms with Crippen LogP contribution in [0.15, 0.2) is 12.1 Å². The van der Waals surface area contributed by atoms with Crippen LogP contribution in [0.5, 0.6) is 5.75 Å². The number of benzene rings is 1. The number of carbonyl (C=O) groups excluding carboxylic acids is 1. The highest BCUT2D eigenvalue weighted by atomic mass is 16.3. The number of hydrogen-bond acceptors (Lipinski definition) is 5. The van der Waals surface area contributed by atoms with E-state index in [1.807, 2.05) is 41.5 Å². The van der Waals surface area contributed by atoms with E-state index in [0.717, 1.165) is 19.3 Å². The summed E-state index contributed by atoms with van der Waals surface area (Å²) in [4.78, 5) is 13.5. The molecule has 196 valence electrons. The molecule has 0 unspecified atom stereocenters. The summed E-state index contributed by atoms with van der Waals surface area (Å²) >= 11 is 0. The van der Waals surface area contributed by atoms with Crippen molar-refractivity contribution in [1.82, 2.24) is 9.13 Å². The van der Waals surface area contributed by atoms with Crippen molar-refractivity contribution in [2.24, 2.45) is 5.92 Å². The summed E-state index contributed by atoms with van der Waals surface area (Å²) < 4.78 is 3.22. The Morgan fingerprint density at radius 3 is 1.77 bits per heavy atom. The fourth-order valence-corrected chi connectivity index (χ4v) is 4.66. The molecule has 0 fully saturated rings. The number of aromatic hydroxyl groups is 1. The van der Waals surface area contributed by atoms with Gasteiger partial charge in [-0.2, -0.15) is 0 Å². The molecule has 0 saturated heterocycles. The van der Waals surface area contributed by atoms with Gasteiger partial charge in [0.15, 0.2) is 5.78 Å². The number of hydrogen-bond donors (Lipinski definition) is 4. The second-order valence-corrected chi connectivity index (χ2v) is 11.6. The normalized spacial score (nSPS) is 12.5. The molecular weight excluding hydrogens is 442 g/mol. The third-order valence-corrected chi connectivity index (χ3v) is 7.06. The molecular formula is C28H45N3O4. The fraction of sp³-hybridized carbons (Fsp3) is 0.643. The van der Waals surface area contributed by atoms with Gasteiger partial charge >= 0.3 is 0 Å². The summed E-state index contributed by atoms with van der Waals surface area (Å²) in [5, 5.41) is 39.9. The number of ketones is 1. The number of rotatable bonds is 10. The molecule has 2 rings (SSSR count). The Labute approximate surface area is 210 Å². The SMILES string of the molecule is CCC(CC)CCn1c(CO)c(CO)n(CC(=O)c2cc(C(C)(C)C)c(O)c(C(C)(C)C)c2)c1=N. The molecule has 1 aromatic heterocycles. The Morgan fingerprint density at radius 1 is 0.914 bits per heavy atom. The summed E-state index contributed by atoms with van der Waals surface area (Å²) in [5.74, 6) is 0.511. The van der Waals surface area contributed by atoms with Crippen molar-refractivity contribution >= 4 is 5.78 Å². The Hall–Kier alpha value is -2.38. The van der Waals surface area contributed by atoms with E-state index in [4.69, 9.17) is 5.41 Å². The van der Waals surface area contributed by atoms with Crippen molar-refractivity contribution in [1.29, 1.82) is 5.41 Å². The maximum absolute atomic E-state index is 13.5. The molecule has 35 heavy (non-hydrogen) atoms. The Kier molecular flexibility index (Phi) is 9.17. The Balaban J connectivity index is 2.56. The van der Waals surface area contributed by atoms with E-state index in [0.29, 0.717) is 40.5 Å². The molecule has 7 heteroatoms. The maximum Gasteiger partial charge on any atom is 0.203 e. The van der Waals surface area contributed by atoms with Crippen LogP contribution in [-0.2, 0) is 37.1 Å². The highest BCUT2D eigenvalue weighted by molar-refractivity contribution is 5.96. The summed E-state index contributed by atoms with van der Waals surface area (Å²) in [6, 6.07) is 3.49. The van der Waals surface area contributed by atoms with Gasteiger partial charge in [0.05, 0.1) is 31.1 Å². The third kappa shape index (κ3) is 6.25. The lowest BCUT2D eigenvalue weighted by molar-refractivity contribution is 0.0967. The van der Waals surface area contributed by atoms with Gasteiger partial charge in [0.25, 0.3) is 0 Å². The second-order valence-electron chi connectivity index (χ2n) is 11.6. The van der Waals surface area contributed by atoms with E-state index in [-0.39, 0.29) is 47.7 Å². The quantitative estimate of drug-likeness (QED) is 0.362. The number of nitrogens with one attached hydrogen (secondary N) is 1. The summed E-state index contributed by atoms with van der Waals surface area (Å²) in [6.45, 7) is 16.0. The van der Waals surface area contributed by atoms with Gasteiger partial charge in [0, 0.05) is 23.2 Å². The minimum Gasteiger partial charge on any atom is -0.507 e. The van der Waals surface area contributed by atoms with E-state index in [2.05, 4.69) is 13.8 Å². The van der Waals surface area contributed by atoms with Gasteiger partial charge in [-0.25, -0.2) is 0 Å². The minimum atomic E-state index is -0.372. The summed E-state index contributed by atoms with van der Waals surface area (Å²) in [7, 11) is 0. The zero-order valence-corrected chi connectivity index (χ0v) is 22.8. The lowest BCUT2D eigenvalue weighted by Gasteiger charge is -2.28. The van der Waals surface area contributed by atoms with Gasteiger partial charge < -0.3 is 24.5 Å².